The van der Waals surface area contributed by atoms with E-state index in [9.17, 15) is 5.11 Å². The van der Waals surface area contributed by atoms with Crippen LogP contribution in [0.1, 0.15) is 34.4 Å². The van der Waals surface area contributed by atoms with Crippen LogP contribution in [0.3, 0.4) is 0 Å². The van der Waals surface area contributed by atoms with Gasteiger partial charge in [0, 0.05) is 35.9 Å². The number of aryl methyl sites for hydroxylation is 1. The molecule has 1 aromatic carbocycles. The molecule has 2 unspecified atom stereocenters. The molecule has 0 radical (unpaired) electrons. The van der Waals surface area contributed by atoms with E-state index < -0.39 is 6.10 Å². The molecular weight excluding hydrogens is 412 g/mol. The maximum absolute atomic E-state index is 10.6. The summed E-state index contributed by atoms with van der Waals surface area (Å²) in [6.07, 6.45) is -0.658. The molecule has 3 rings (SSSR count). The average molecular weight is 447 g/mol. The van der Waals surface area contributed by atoms with Crippen molar-refractivity contribution in [2.75, 3.05) is 53.0 Å². The second-order valence-corrected chi connectivity index (χ2v) is 8.82. The van der Waals surface area contributed by atoms with Crippen LogP contribution in [0.25, 0.3) is 0 Å². The number of methoxy groups -OCH3 is 1. The van der Waals surface area contributed by atoms with Gasteiger partial charge < -0.3 is 25.2 Å². The molecule has 1 fully saturated rings. The Morgan fingerprint density at radius 1 is 1.26 bits per heavy atom. The van der Waals surface area contributed by atoms with Gasteiger partial charge in [-0.2, -0.15) is 0 Å². The Labute approximate surface area is 189 Å². The van der Waals surface area contributed by atoms with E-state index >= 15 is 0 Å². The molecule has 1 aliphatic heterocycles. The molecule has 2 heterocycles. The smallest absolute Gasteiger partial charge is 0.191 e. The SMILES string of the molecule is CCNC(=NCC(c1ccc(C)s1)N1CCOCC1)NCC(O)c1cccc(OC)c1. The minimum Gasteiger partial charge on any atom is -0.497 e. The van der Waals surface area contributed by atoms with Crippen LogP contribution >= 0.6 is 11.3 Å². The van der Waals surface area contributed by atoms with Crippen LogP contribution in [0.15, 0.2) is 41.4 Å². The fourth-order valence-electron chi connectivity index (χ4n) is 3.59. The van der Waals surface area contributed by atoms with Gasteiger partial charge in [0.25, 0.3) is 0 Å². The highest BCUT2D eigenvalue weighted by Gasteiger charge is 2.24. The number of hydrogen-bond donors (Lipinski definition) is 3. The topological polar surface area (TPSA) is 78.4 Å². The zero-order valence-electron chi connectivity index (χ0n) is 18.6. The number of ether oxygens (including phenoxy) is 2. The van der Waals surface area contributed by atoms with E-state index in [4.69, 9.17) is 14.5 Å². The number of guanidine groups is 1. The second-order valence-electron chi connectivity index (χ2n) is 7.51. The van der Waals surface area contributed by atoms with Crippen LogP contribution in [0, 0.1) is 6.92 Å². The van der Waals surface area contributed by atoms with E-state index in [0.717, 1.165) is 44.2 Å². The molecular formula is C23H34N4O3S. The van der Waals surface area contributed by atoms with Gasteiger partial charge in [0.05, 0.1) is 39.0 Å². The maximum Gasteiger partial charge on any atom is 0.191 e. The first kappa shape index (κ1) is 23.5. The average Bonchev–Trinajstić information content (AvgIpc) is 3.23. The second kappa shape index (κ2) is 12.0. The van der Waals surface area contributed by atoms with Crippen LogP contribution in [0.4, 0.5) is 0 Å². The molecule has 0 amide bonds. The highest BCUT2D eigenvalue weighted by molar-refractivity contribution is 7.12. The van der Waals surface area contributed by atoms with Crippen LogP contribution < -0.4 is 15.4 Å². The molecule has 2 atom stereocenters. The molecule has 3 N–H and O–H groups in total. The number of nitrogens with one attached hydrogen (secondary N) is 2. The lowest BCUT2D eigenvalue weighted by Gasteiger charge is -2.33. The van der Waals surface area contributed by atoms with Gasteiger partial charge in [-0.15, -0.1) is 11.3 Å². The normalized spacial score (nSPS) is 17.2. The summed E-state index contributed by atoms with van der Waals surface area (Å²) < 4.78 is 10.8. The molecule has 31 heavy (non-hydrogen) atoms. The van der Waals surface area contributed by atoms with Gasteiger partial charge >= 0.3 is 0 Å². The lowest BCUT2D eigenvalue weighted by molar-refractivity contribution is 0.0186. The van der Waals surface area contributed by atoms with Crippen molar-refractivity contribution in [1.82, 2.24) is 15.5 Å². The summed E-state index contributed by atoms with van der Waals surface area (Å²) in [5.41, 5.74) is 0.808. The molecule has 0 saturated carbocycles. The first-order valence-corrected chi connectivity index (χ1v) is 11.6. The number of aliphatic hydroxyl groups excluding tert-OH is 1. The Morgan fingerprint density at radius 3 is 2.74 bits per heavy atom. The van der Waals surface area contributed by atoms with E-state index in [0.29, 0.717) is 19.0 Å². The standard InChI is InChI=1S/C23H34N4O3S/c1-4-24-23(26-16-21(28)18-6-5-7-19(14-18)29-3)25-15-20(22-9-8-17(2)31-22)27-10-12-30-13-11-27/h5-9,14,20-21,28H,4,10-13,15-16H2,1-3H3,(H2,24,25,26). The van der Waals surface area contributed by atoms with Crippen molar-refractivity contribution in [1.29, 1.82) is 0 Å². The van der Waals surface area contributed by atoms with Crippen molar-refractivity contribution < 1.29 is 14.6 Å². The Kier molecular flexibility index (Phi) is 9.14. The minimum absolute atomic E-state index is 0.223. The van der Waals surface area contributed by atoms with E-state index in [1.165, 1.54) is 9.75 Å². The Balaban J connectivity index is 1.67. The fraction of sp³-hybridized carbons (Fsp3) is 0.522. The van der Waals surface area contributed by atoms with Gasteiger partial charge in [-0.1, -0.05) is 12.1 Å². The van der Waals surface area contributed by atoms with Gasteiger partial charge in [-0.25, -0.2) is 0 Å². The van der Waals surface area contributed by atoms with Crippen molar-refractivity contribution in [3.63, 3.8) is 0 Å². The fourth-order valence-corrected chi connectivity index (χ4v) is 4.59. The summed E-state index contributed by atoms with van der Waals surface area (Å²) in [5, 5.41) is 17.2. The van der Waals surface area contributed by atoms with Crippen molar-refractivity contribution in [3.05, 3.63) is 51.7 Å². The molecule has 1 saturated heterocycles. The van der Waals surface area contributed by atoms with Crippen molar-refractivity contribution >= 4 is 17.3 Å². The summed E-state index contributed by atoms with van der Waals surface area (Å²) in [7, 11) is 1.62. The third-order valence-corrected chi connectivity index (χ3v) is 6.39. The molecule has 1 aromatic heterocycles. The number of nitrogens with zero attached hydrogens (tertiary/aromatic N) is 2. The van der Waals surface area contributed by atoms with Crippen LogP contribution in [0.5, 0.6) is 5.75 Å². The molecule has 7 nitrogen and oxygen atoms in total. The molecule has 0 aliphatic carbocycles. The summed E-state index contributed by atoms with van der Waals surface area (Å²) in [6, 6.07) is 12.1. The summed E-state index contributed by atoms with van der Waals surface area (Å²) in [4.78, 5) is 9.95. The number of morpholine rings is 1. The zero-order valence-corrected chi connectivity index (χ0v) is 19.5. The predicted octanol–water partition coefficient (Wildman–Crippen LogP) is 2.73. The van der Waals surface area contributed by atoms with Gasteiger partial charge in [0.15, 0.2) is 5.96 Å². The lowest BCUT2D eigenvalue weighted by Crippen LogP contribution is -2.42. The van der Waals surface area contributed by atoms with E-state index in [2.05, 4.69) is 34.6 Å². The number of thiophene rings is 1. The summed E-state index contributed by atoms with van der Waals surface area (Å²) in [6.45, 7) is 9.28. The number of hydrogen-bond acceptors (Lipinski definition) is 6. The van der Waals surface area contributed by atoms with Gasteiger partial charge in [-0.05, 0) is 43.7 Å². The first-order chi connectivity index (χ1) is 15.1. The van der Waals surface area contributed by atoms with Crippen LogP contribution in [-0.2, 0) is 4.74 Å². The highest BCUT2D eigenvalue weighted by atomic mass is 32.1. The molecule has 2 aromatic rings. The van der Waals surface area contributed by atoms with Crippen molar-refractivity contribution in [2.24, 2.45) is 4.99 Å². The van der Waals surface area contributed by atoms with E-state index in [1.807, 2.05) is 42.5 Å². The number of aliphatic imine (C=N–C) groups is 1. The van der Waals surface area contributed by atoms with Gasteiger partial charge in [-0.3, -0.25) is 9.89 Å². The third-order valence-electron chi connectivity index (χ3n) is 5.28. The summed E-state index contributed by atoms with van der Waals surface area (Å²) >= 11 is 1.83. The molecule has 0 bridgehead atoms. The predicted molar refractivity (Wildman–Crippen MR) is 126 cm³/mol. The van der Waals surface area contributed by atoms with Crippen LogP contribution in [0.2, 0.25) is 0 Å². The number of aliphatic hydroxyl groups is 1. The minimum atomic E-state index is -0.658. The number of benzene rings is 1. The Morgan fingerprint density at radius 2 is 2.06 bits per heavy atom. The highest BCUT2D eigenvalue weighted by Crippen LogP contribution is 2.28. The monoisotopic (exact) mass is 446 g/mol. The largest absolute Gasteiger partial charge is 0.497 e. The number of rotatable bonds is 9. The molecule has 8 heteroatoms. The van der Waals surface area contributed by atoms with Crippen molar-refractivity contribution in [2.45, 2.75) is 26.0 Å². The Bertz CT molecular complexity index is 836. The van der Waals surface area contributed by atoms with Crippen molar-refractivity contribution in [3.8, 4) is 5.75 Å². The quantitative estimate of drug-likeness (QED) is 0.406. The van der Waals surface area contributed by atoms with E-state index in [1.54, 1.807) is 7.11 Å². The van der Waals surface area contributed by atoms with Crippen LogP contribution in [-0.4, -0.2) is 69.0 Å². The zero-order chi connectivity index (χ0) is 22.1. The van der Waals surface area contributed by atoms with Gasteiger partial charge in [0.2, 0.25) is 0 Å². The Hall–Kier alpha value is -2.13. The third kappa shape index (κ3) is 6.93. The van der Waals surface area contributed by atoms with Gasteiger partial charge in [0.1, 0.15) is 5.75 Å². The first-order valence-electron chi connectivity index (χ1n) is 10.8. The summed E-state index contributed by atoms with van der Waals surface area (Å²) in [5.74, 6) is 1.44. The molecule has 1 aliphatic rings. The molecule has 0 spiro atoms. The van der Waals surface area contributed by atoms with E-state index in [-0.39, 0.29) is 6.04 Å². The molecule has 170 valence electrons. The lowest BCUT2D eigenvalue weighted by atomic mass is 10.1. The maximum atomic E-state index is 10.6.